The number of oxazole rings is 1. The van der Waals surface area contributed by atoms with Crippen molar-refractivity contribution < 1.29 is 13.6 Å². The number of rotatable bonds is 3. The molecule has 128 valence electrons. The predicted molar refractivity (Wildman–Crippen MR) is 84.6 cm³/mol. The molecule has 24 heavy (non-hydrogen) atoms. The highest BCUT2D eigenvalue weighted by molar-refractivity contribution is 5.92. The molecule has 3 heterocycles. The SMILES string of the molecule is CCc1nnc([C@]23CCC[C@H]2CN(C(=O)c2oc(C)nc2C)C3)o1. The van der Waals surface area contributed by atoms with Gasteiger partial charge in [0.25, 0.3) is 5.91 Å². The highest BCUT2D eigenvalue weighted by atomic mass is 16.4. The van der Waals surface area contributed by atoms with Crippen molar-refractivity contribution in [2.45, 2.75) is 51.9 Å². The van der Waals surface area contributed by atoms with Crippen molar-refractivity contribution in [1.29, 1.82) is 0 Å². The molecule has 7 heteroatoms. The van der Waals surface area contributed by atoms with Crippen molar-refractivity contribution in [3.8, 4) is 0 Å². The molecule has 1 aliphatic heterocycles. The molecule has 0 spiro atoms. The van der Waals surface area contributed by atoms with E-state index in [9.17, 15) is 4.79 Å². The summed E-state index contributed by atoms with van der Waals surface area (Å²) in [6, 6.07) is 0. The molecule has 2 fully saturated rings. The summed E-state index contributed by atoms with van der Waals surface area (Å²) in [5, 5.41) is 8.43. The quantitative estimate of drug-likeness (QED) is 0.859. The fourth-order valence-electron chi connectivity index (χ4n) is 4.26. The van der Waals surface area contributed by atoms with Gasteiger partial charge in [-0.2, -0.15) is 0 Å². The second-order valence-electron chi connectivity index (χ2n) is 6.93. The maximum Gasteiger partial charge on any atom is 0.291 e. The lowest BCUT2D eigenvalue weighted by atomic mass is 9.80. The van der Waals surface area contributed by atoms with Gasteiger partial charge in [-0.05, 0) is 25.7 Å². The van der Waals surface area contributed by atoms with Gasteiger partial charge in [-0.15, -0.1) is 10.2 Å². The van der Waals surface area contributed by atoms with Crippen LogP contribution < -0.4 is 0 Å². The van der Waals surface area contributed by atoms with Gasteiger partial charge in [0.05, 0.1) is 11.1 Å². The van der Waals surface area contributed by atoms with E-state index in [1.54, 1.807) is 6.92 Å². The monoisotopic (exact) mass is 330 g/mol. The van der Waals surface area contributed by atoms with Gasteiger partial charge in [-0.1, -0.05) is 13.3 Å². The first-order chi connectivity index (χ1) is 11.5. The smallest absolute Gasteiger partial charge is 0.291 e. The largest absolute Gasteiger partial charge is 0.436 e. The molecule has 1 saturated carbocycles. The van der Waals surface area contributed by atoms with Crippen LogP contribution in [0.25, 0.3) is 0 Å². The van der Waals surface area contributed by atoms with Crippen LogP contribution in [0.15, 0.2) is 8.83 Å². The van der Waals surface area contributed by atoms with Crippen LogP contribution in [0.1, 0.15) is 60.1 Å². The molecule has 1 saturated heterocycles. The third-order valence-electron chi connectivity index (χ3n) is 5.45. The molecule has 2 aromatic heterocycles. The van der Waals surface area contributed by atoms with Gasteiger partial charge in [-0.25, -0.2) is 4.98 Å². The van der Waals surface area contributed by atoms with Gasteiger partial charge in [-0.3, -0.25) is 4.79 Å². The summed E-state index contributed by atoms with van der Waals surface area (Å²) < 4.78 is 11.4. The topological polar surface area (TPSA) is 85.3 Å². The number of aryl methyl sites for hydroxylation is 3. The normalized spacial score (nSPS) is 26.1. The second kappa shape index (κ2) is 5.43. The molecule has 1 amide bonds. The number of carbonyl (C=O) groups excluding carboxylic acids is 1. The molecule has 2 atom stereocenters. The molecular weight excluding hydrogens is 308 g/mol. The van der Waals surface area contributed by atoms with E-state index in [0.717, 1.165) is 25.7 Å². The predicted octanol–water partition coefficient (Wildman–Crippen LogP) is 2.43. The summed E-state index contributed by atoms with van der Waals surface area (Å²) in [4.78, 5) is 19.0. The minimum Gasteiger partial charge on any atom is -0.436 e. The van der Waals surface area contributed by atoms with Crippen LogP contribution >= 0.6 is 0 Å². The number of hydrogen-bond donors (Lipinski definition) is 0. The van der Waals surface area contributed by atoms with Gasteiger partial charge in [0, 0.05) is 26.4 Å². The number of likely N-dealkylation sites (tertiary alicyclic amines) is 1. The Labute approximate surface area is 140 Å². The molecule has 0 bridgehead atoms. The third kappa shape index (κ3) is 2.17. The lowest BCUT2D eigenvalue weighted by molar-refractivity contribution is 0.0741. The van der Waals surface area contributed by atoms with Crippen molar-refractivity contribution in [1.82, 2.24) is 20.1 Å². The number of amides is 1. The molecule has 2 aliphatic rings. The molecule has 0 radical (unpaired) electrons. The number of nitrogens with zero attached hydrogens (tertiary/aromatic N) is 4. The second-order valence-corrected chi connectivity index (χ2v) is 6.93. The Bertz CT molecular complexity index is 781. The van der Waals surface area contributed by atoms with Crippen LogP contribution in [0.2, 0.25) is 0 Å². The van der Waals surface area contributed by atoms with Gasteiger partial charge >= 0.3 is 0 Å². The molecule has 4 rings (SSSR count). The summed E-state index contributed by atoms with van der Waals surface area (Å²) in [5.41, 5.74) is 0.452. The van der Waals surface area contributed by atoms with E-state index in [0.29, 0.717) is 48.1 Å². The maximum atomic E-state index is 12.9. The average molecular weight is 330 g/mol. The van der Waals surface area contributed by atoms with Crippen molar-refractivity contribution in [2.24, 2.45) is 5.92 Å². The van der Waals surface area contributed by atoms with Crippen LogP contribution in [0.5, 0.6) is 0 Å². The lowest BCUT2D eigenvalue weighted by Gasteiger charge is -2.24. The van der Waals surface area contributed by atoms with E-state index in [1.807, 2.05) is 18.7 Å². The van der Waals surface area contributed by atoms with Crippen molar-refractivity contribution in [3.05, 3.63) is 29.1 Å². The number of hydrogen-bond acceptors (Lipinski definition) is 6. The van der Waals surface area contributed by atoms with Gasteiger partial charge in [0.1, 0.15) is 0 Å². The first-order valence-corrected chi connectivity index (χ1v) is 8.59. The fraction of sp³-hybridized carbons (Fsp3) is 0.647. The van der Waals surface area contributed by atoms with E-state index >= 15 is 0 Å². The Hall–Kier alpha value is -2.18. The molecule has 7 nitrogen and oxygen atoms in total. The summed E-state index contributed by atoms with van der Waals surface area (Å²) in [6.45, 7) is 6.89. The lowest BCUT2D eigenvalue weighted by Crippen LogP contribution is -2.35. The van der Waals surface area contributed by atoms with Crippen molar-refractivity contribution >= 4 is 5.91 Å². The zero-order chi connectivity index (χ0) is 16.9. The fourth-order valence-corrected chi connectivity index (χ4v) is 4.26. The number of carbonyl (C=O) groups is 1. The Kier molecular flexibility index (Phi) is 3.47. The minimum atomic E-state index is -0.195. The number of fused-ring (bicyclic) bond motifs is 1. The Morgan fingerprint density at radius 3 is 2.83 bits per heavy atom. The van der Waals surface area contributed by atoms with E-state index in [-0.39, 0.29) is 11.3 Å². The Morgan fingerprint density at radius 1 is 1.33 bits per heavy atom. The summed E-state index contributed by atoms with van der Waals surface area (Å²) >= 11 is 0. The number of aromatic nitrogens is 3. The highest BCUT2D eigenvalue weighted by Crippen LogP contribution is 2.50. The molecule has 0 aromatic carbocycles. The van der Waals surface area contributed by atoms with Crippen molar-refractivity contribution in [3.63, 3.8) is 0 Å². The molecular formula is C17H22N4O3. The molecule has 2 aromatic rings. The van der Waals surface area contributed by atoms with Gasteiger partial charge in [0.2, 0.25) is 17.5 Å². The first kappa shape index (κ1) is 15.4. The molecule has 0 N–H and O–H groups in total. The van der Waals surface area contributed by atoms with Gasteiger partial charge in [0.15, 0.2) is 5.89 Å². The zero-order valence-electron chi connectivity index (χ0n) is 14.3. The standard InChI is InChI=1S/C17H22N4O3/c1-4-13-19-20-16(24-13)17-7-5-6-12(17)8-21(9-17)15(22)14-10(2)18-11(3)23-14/h12H,4-9H2,1-3H3/t12-,17-/m0/s1. The van der Waals surface area contributed by atoms with Crippen LogP contribution in [-0.2, 0) is 11.8 Å². The van der Waals surface area contributed by atoms with Crippen LogP contribution in [0.4, 0.5) is 0 Å². The van der Waals surface area contributed by atoms with E-state index in [2.05, 4.69) is 15.2 Å². The van der Waals surface area contributed by atoms with Crippen LogP contribution in [0, 0.1) is 19.8 Å². The third-order valence-corrected chi connectivity index (χ3v) is 5.45. The van der Waals surface area contributed by atoms with Crippen LogP contribution in [-0.4, -0.2) is 39.1 Å². The summed E-state index contributed by atoms with van der Waals surface area (Å²) in [5.74, 6) is 2.52. The summed E-state index contributed by atoms with van der Waals surface area (Å²) in [7, 11) is 0. The maximum absolute atomic E-state index is 12.9. The minimum absolute atomic E-state index is 0.0860. The summed E-state index contributed by atoms with van der Waals surface area (Å²) in [6.07, 6.45) is 3.94. The molecule has 1 aliphatic carbocycles. The highest BCUT2D eigenvalue weighted by Gasteiger charge is 2.55. The first-order valence-electron chi connectivity index (χ1n) is 8.59. The van der Waals surface area contributed by atoms with Gasteiger partial charge < -0.3 is 13.7 Å². The molecule has 0 unspecified atom stereocenters. The van der Waals surface area contributed by atoms with Crippen molar-refractivity contribution in [2.75, 3.05) is 13.1 Å². The van der Waals surface area contributed by atoms with E-state index in [1.165, 1.54) is 0 Å². The Balaban J connectivity index is 1.63. The Morgan fingerprint density at radius 2 is 2.17 bits per heavy atom. The zero-order valence-corrected chi connectivity index (χ0v) is 14.3. The van der Waals surface area contributed by atoms with Crippen LogP contribution in [0.3, 0.4) is 0 Å². The van der Waals surface area contributed by atoms with E-state index < -0.39 is 0 Å². The average Bonchev–Trinajstić information content (AvgIpc) is 3.27. The van der Waals surface area contributed by atoms with E-state index in [4.69, 9.17) is 8.83 Å².